The Morgan fingerprint density at radius 1 is 1.39 bits per heavy atom. The topological polar surface area (TPSA) is 94.0 Å². The second kappa shape index (κ2) is 8.53. The molecule has 122 valence electrons. The van der Waals surface area contributed by atoms with E-state index in [1.54, 1.807) is 16.8 Å². The van der Waals surface area contributed by atoms with Gasteiger partial charge in [0.2, 0.25) is 5.95 Å². The van der Waals surface area contributed by atoms with Gasteiger partial charge in [-0.1, -0.05) is 28.0 Å². The minimum absolute atomic E-state index is 0.113. The summed E-state index contributed by atoms with van der Waals surface area (Å²) in [6.45, 7) is 2.51. The highest BCUT2D eigenvalue weighted by atomic mass is 79.9. The summed E-state index contributed by atoms with van der Waals surface area (Å²) in [5.74, 6) is 0.597. The van der Waals surface area contributed by atoms with E-state index in [1.165, 1.54) is 0 Å². The Labute approximate surface area is 146 Å². The second-order valence-electron chi connectivity index (χ2n) is 4.47. The fourth-order valence-electron chi connectivity index (χ4n) is 1.63. The number of ether oxygens (including phenoxy) is 1. The molecule has 0 aliphatic rings. The lowest BCUT2D eigenvalue weighted by atomic mass is 10.3. The number of benzene rings is 1. The van der Waals surface area contributed by atoms with E-state index < -0.39 is 0 Å². The highest BCUT2D eigenvalue weighted by Crippen LogP contribution is 2.15. The molecule has 23 heavy (non-hydrogen) atoms. The van der Waals surface area contributed by atoms with Crippen LogP contribution in [-0.2, 0) is 11.3 Å². The lowest BCUT2D eigenvalue weighted by Gasteiger charge is -2.10. The van der Waals surface area contributed by atoms with E-state index in [-0.39, 0.29) is 17.6 Å². The third kappa shape index (κ3) is 5.57. The van der Waals surface area contributed by atoms with Gasteiger partial charge in [-0.15, -0.1) is 0 Å². The van der Waals surface area contributed by atoms with Crippen molar-refractivity contribution < 1.29 is 9.53 Å². The van der Waals surface area contributed by atoms with Crippen molar-refractivity contribution >= 4 is 45.1 Å². The van der Waals surface area contributed by atoms with Crippen LogP contribution in [0.15, 0.2) is 28.7 Å². The molecule has 1 aromatic heterocycles. The Morgan fingerprint density at radius 2 is 2.13 bits per heavy atom. The fourth-order valence-corrected chi connectivity index (χ4v) is 2.10. The second-order valence-corrected chi connectivity index (χ2v) is 5.79. The average molecular weight is 399 g/mol. The van der Waals surface area contributed by atoms with Crippen molar-refractivity contribution in [3.8, 4) is 5.75 Å². The van der Waals surface area contributed by atoms with Gasteiger partial charge in [-0.25, -0.2) is 4.68 Å². The summed E-state index contributed by atoms with van der Waals surface area (Å²) in [5.41, 5.74) is 0. The van der Waals surface area contributed by atoms with Crippen LogP contribution in [0.4, 0.5) is 5.95 Å². The summed E-state index contributed by atoms with van der Waals surface area (Å²) >= 11 is 8.38. The number of aromatic nitrogens is 4. The molecule has 0 bridgehead atoms. The molecular weight excluding hydrogens is 384 g/mol. The van der Waals surface area contributed by atoms with Gasteiger partial charge in [0.1, 0.15) is 5.75 Å². The van der Waals surface area contributed by atoms with Crippen LogP contribution in [0.1, 0.15) is 13.3 Å². The lowest BCUT2D eigenvalue weighted by Crippen LogP contribution is -2.37. The third-order valence-corrected chi connectivity index (χ3v) is 3.36. The standard InChI is InChI=1S/C13H15BrN6O2S/c1-2-7-20-12(17-18-19-20)16-13(23)15-11(21)8-22-10-5-3-9(14)4-6-10/h3-6H,2,7-8H2,1H3,(H2,15,16,17,19,21,23). The van der Waals surface area contributed by atoms with Crippen LogP contribution < -0.4 is 15.4 Å². The zero-order valence-corrected chi connectivity index (χ0v) is 14.7. The van der Waals surface area contributed by atoms with Crippen LogP contribution in [0.5, 0.6) is 5.75 Å². The maximum absolute atomic E-state index is 11.8. The normalized spacial score (nSPS) is 10.2. The first-order valence-corrected chi connectivity index (χ1v) is 8.04. The molecule has 0 aliphatic heterocycles. The molecule has 0 saturated heterocycles. The molecule has 8 nitrogen and oxygen atoms in total. The van der Waals surface area contributed by atoms with Crippen LogP contribution in [0.2, 0.25) is 0 Å². The molecule has 0 aliphatic carbocycles. The minimum Gasteiger partial charge on any atom is -0.484 e. The summed E-state index contributed by atoms with van der Waals surface area (Å²) in [7, 11) is 0. The van der Waals surface area contributed by atoms with E-state index in [0.29, 0.717) is 18.2 Å². The van der Waals surface area contributed by atoms with E-state index in [2.05, 4.69) is 42.1 Å². The van der Waals surface area contributed by atoms with Crippen LogP contribution in [-0.4, -0.2) is 37.8 Å². The van der Waals surface area contributed by atoms with Crippen molar-refractivity contribution in [3.63, 3.8) is 0 Å². The van der Waals surface area contributed by atoms with Crippen LogP contribution in [0.25, 0.3) is 0 Å². The predicted octanol–water partition coefficient (Wildman–Crippen LogP) is 1.74. The van der Waals surface area contributed by atoms with Gasteiger partial charge in [-0.2, -0.15) is 0 Å². The zero-order valence-electron chi connectivity index (χ0n) is 12.3. The Hall–Kier alpha value is -2.07. The summed E-state index contributed by atoms with van der Waals surface area (Å²) in [6.07, 6.45) is 0.875. The van der Waals surface area contributed by atoms with E-state index in [0.717, 1.165) is 10.9 Å². The molecule has 10 heteroatoms. The fraction of sp³-hybridized carbons (Fsp3) is 0.308. The summed E-state index contributed by atoms with van der Waals surface area (Å²) in [6, 6.07) is 7.17. The monoisotopic (exact) mass is 398 g/mol. The van der Waals surface area contributed by atoms with Crippen LogP contribution >= 0.6 is 28.1 Å². The molecule has 2 N–H and O–H groups in total. The smallest absolute Gasteiger partial charge is 0.264 e. The predicted molar refractivity (Wildman–Crippen MR) is 92.1 cm³/mol. The number of carbonyl (C=O) groups is 1. The first-order chi connectivity index (χ1) is 11.1. The number of hydrogen-bond donors (Lipinski definition) is 2. The number of rotatable bonds is 6. The van der Waals surface area contributed by atoms with Crippen molar-refractivity contribution in [3.05, 3.63) is 28.7 Å². The number of thiocarbonyl (C=S) groups is 1. The average Bonchev–Trinajstić information content (AvgIpc) is 2.94. The van der Waals surface area contributed by atoms with Gasteiger partial charge in [0.05, 0.1) is 0 Å². The first kappa shape index (κ1) is 17.3. The molecule has 1 aromatic carbocycles. The van der Waals surface area contributed by atoms with E-state index >= 15 is 0 Å². The quantitative estimate of drug-likeness (QED) is 0.715. The molecule has 2 rings (SSSR count). The largest absolute Gasteiger partial charge is 0.484 e. The summed E-state index contributed by atoms with van der Waals surface area (Å²) in [5, 5.41) is 16.6. The molecule has 0 saturated carbocycles. The molecule has 0 atom stereocenters. The Balaban J connectivity index is 1.79. The van der Waals surface area contributed by atoms with Gasteiger partial charge < -0.3 is 4.74 Å². The van der Waals surface area contributed by atoms with E-state index in [9.17, 15) is 4.79 Å². The lowest BCUT2D eigenvalue weighted by molar-refractivity contribution is -0.121. The summed E-state index contributed by atoms with van der Waals surface area (Å²) < 4.78 is 7.86. The molecule has 0 spiro atoms. The number of nitrogens with one attached hydrogen (secondary N) is 2. The molecule has 1 amide bonds. The van der Waals surface area contributed by atoms with Crippen LogP contribution in [0, 0.1) is 0 Å². The van der Waals surface area contributed by atoms with Gasteiger partial charge in [0.25, 0.3) is 5.91 Å². The Morgan fingerprint density at radius 3 is 2.83 bits per heavy atom. The van der Waals surface area contributed by atoms with E-state index in [4.69, 9.17) is 17.0 Å². The molecule has 1 heterocycles. The highest BCUT2D eigenvalue weighted by molar-refractivity contribution is 9.10. The molecule has 0 unspecified atom stereocenters. The van der Waals surface area contributed by atoms with Crippen molar-refractivity contribution in [2.45, 2.75) is 19.9 Å². The minimum atomic E-state index is -0.375. The van der Waals surface area contributed by atoms with Crippen molar-refractivity contribution in [2.75, 3.05) is 11.9 Å². The Kier molecular flexibility index (Phi) is 6.41. The van der Waals surface area contributed by atoms with Gasteiger partial charge in [-0.05, 0) is 53.3 Å². The Bertz CT molecular complexity index is 675. The number of tetrazole rings is 1. The van der Waals surface area contributed by atoms with E-state index in [1.807, 2.05) is 19.1 Å². The summed E-state index contributed by atoms with van der Waals surface area (Å²) in [4.78, 5) is 11.8. The number of aryl methyl sites for hydroxylation is 1. The SMILES string of the molecule is CCCn1nnnc1NC(=S)NC(=O)COc1ccc(Br)cc1. The highest BCUT2D eigenvalue weighted by Gasteiger charge is 2.10. The maximum atomic E-state index is 11.8. The number of amides is 1. The molecule has 2 aromatic rings. The zero-order chi connectivity index (χ0) is 16.7. The van der Waals surface area contributed by atoms with Gasteiger partial charge >= 0.3 is 0 Å². The number of hydrogen-bond acceptors (Lipinski definition) is 6. The number of halogens is 1. The van der Waals surface area contributed by atoms with Crippen molar-refractivity contribution in [1.29, 1.82) is 0 Å². The van der Waals surface area contributed by atoms with Crippen molar-refractivity contribution in [2.24, 2.45) is 0 Å². The van der Waals surface area contributed by atoms with Gasteiger partial charge in [-0.3, -0.25) is 15.4 Å². The molecular formula is C13H15BrN6O2S. The third-order valence-electron chi connectivity index (χ3n) is 2.63. The number of anilines is 1. The van der Waals surface area contributed by atoms with Crippen LogP contribution in [0.3, 0.4) is 0 Å². The van der Waals surface area contributed by atoms with Gasteiger partial charge in [0.15, 0.2) is 11.7 Å². The molecule has 0 fully saturated rings. The number of nitrogens with zero attached hydrogens (tertiary/aromatic N) is 4. The van der Waals surface area contributed by atoms with Gasteiger partial charge in [0, 0.05) is 11.0 Å². The van der Waals surface area contributed by atoms with Crippen molar-refractivity contribution in [1.82, 2.24) is 25.5 Å². The maximum Gasteiger partial charge on any atom is 0.264 e. The first-order valence-electron chi connectivity index (χ1n) is 6.84. The molecule has 0 radical (unpaired) electrons. The number of carbonyl (C=O) groups excluding carboxylic acids is 1.